The van der Waals surface area contributed by atoms with Crippen LogP contribution in [0, 0.1) is 16.7 Å². The molecule has 1 aromatic carbocycles. The number of ether oxygens (including phenoxy) is 1. The number of nitrogens with zero attached hydrogens (tertiary/aromatic N) is 4. The van der Waals surface area contributed by atoms with Gasteiger partial charge in [0.25, 0.3) is 0 Å². The lowest BCUT2D eigenvalue weighted by Gasteiger charge is -2.45. The third kappa shape index (κ3) is 2.61. The van der Waals surface area contributed by atoms with Crippen molar-refractivity contribution in [2.75, 3.05) is 13.6 Å². The van der Waals surface area contributed by atoms with Crippen LogP contribution < -0.4 is 0 Å². The van der Waals surface area contributed by atoms with Crippen LogP contribution in [0.15, 0.2) is 24.5 Å². The molecule has 1 saturated carbocycles. The van der Waals surface area contributed by atoms with E-state index >= 15 is 0 Å². The number of hydrogen-bond acceptors (Lipinski definition) is 4. The number of nitriles is 1. The topological polar surface area (TPSA) is 71.2 Å². The fourth-order valence-electron chi connectivity index (χ4n) is 4.48. The number of amides is 1. The minimum absolute atomic E-state index is 0.337. The molecule has 26 heavy (non-hydrogen) atoms. The van der Waals surface area contributed by atoms with E-state index in [0.29, 0.717) is 37.9 Å². The molecule has 2 aliphatic rings. The number of likely N-dealkylation sites (N-methyl/N-ethyl adjacent to an activating group) is 1. The minimum atomic E-state index is -0.991. The Labute approximate surface area is 151 Å². The number of hydrogen-bond donors (Lipinski definition) is 0. The average molecular weight is 356 g/mol. The first kappa shape index (κ1) is 16.8. The Balaban J connectivity index is 1.66. The molecule has 2 fully saturated rings. The molecule has 1 aliphatic heterocycles. The highest BCUT2D eigenvalue weighted by molar-refractivity contribution is 5.77. The van der Waals surface area contributed by atoms with Gasteiger partial charge in [-0.2, -0.15) is 5.26 Å². The highest BCUT2D eigenvalue weighted by Gasteiger charge is 2.54. The average Bonchev–Trinajstić information content (AvgIpc) is 3.12. The predicted octanol–water partition coefficient (Wildman–Crippen LogP) is 3.26. The molecule has 4 rings (SSSR count). The summed E-state index contributed by atoms with van der Waals surface area (Å²) in [5.41, 5.74) is 0.850. The first-order valence-electron chi connectivity index (χ1n) is 8.77. The van der Waals surface area contributed by atoms with E-state index in [0.717, 1.165) is 11.0 Å². The van der Waals surface area contributed by atoms with Crippen molar-refractivity contribution >= 4 is 17.1 Å². The van der Waals surface area contributed by atoms with E-state index in [9.17, 15) is 9.18 Å². The maximum atomic E-state index is 15.0. The Morgan fingerprint density at radius 1 is 1.50 bits per heavy atom. The van der Waals surface area contributed by atoms with Crippen molar-refractivity contribution in [2.45, 2.75) is 44.5 Å². The van der Waals surface area contributed by atoms with Gasteiger partial charge in [0.2, 0.25) is 0 Å². The Hall–Kier alpha value is -2.62. The summed E-state index contributed by atoms with van der Waals surface area (Å²) in [6.07, 6.45) is 1.74. The summed E-state index contributed by atoms with van der Waals surface area (Å²) < 4.78 is 22.5. The van der Waals surface area contributed by atoms with Crippen LogP contribution in [0.4, 0.5) is 9.18 Å². The van der Waals surface area contributed by atoms with E-state index in [1.165, 1.54) is 0 Å². The number of aromatic nitrogens is 2. The van der Waals surface area contributed by atoms with Crippen LogP contribution in [0.25, 0.3) is 11.0 Å². The van der Waals surface area contributed by atoms with Crippen LogP contribution in [0.5, 0.6) is 0 Å². The molecule has 0 unspecified atom stereocenters. The van der Waals surface area contributed by atoms with Gasteiger partial charge in [-0.1, -0.05) is 6.92 Å². The lowest BCUT2D eigenvalue weighted by atomic mass is 9.67. The summed E-state index contributed by atoms with van der Waals surface area (Å²) in [6, 6.07) is 7.43. The van der Waals surface area contributed by atoms with E-state index in [1.54, 1.807) is 36.5 Å². The lowest BCUT2D eigenvalue weighted by molar-refractivity contribution is -0.0669. The second-order valence-electron chi connectivity index (χ2n) is 7.93. The lowest BCUT2D eigenvalue weighted by Crippen LogP contribution is -2.50. The van der Waals surface area contributed by atoms with Gasteiger partial charge < -0.3 is 14.2 Å². The maximum absolute atomic E-state index is 15.0. The van der Waals surface area contributed by atoms with E-state index in [1.807, 2.05) is 11.5 Å². The molecule has 6 nitrogen and oxygen atoms in total. The number of halogens is 1. The Morgan fingerprint density at radius 2 is 2.31 bits per heavy atom. The van der Waals surface area contributed by atoms with Crippen LogP contribution >= 0.6 is 0 Å². The van der Waals surface area contributed by atoms with Crippen LogP contribution in [0.2, 0.25) is 0 Å². The van der Waals surface area contributed by atoms with Gasteiger partial charge in [0.05, 0.1) is 35.5 Å². The number of carbonyl (C=O) groups excluding carboxylic acids is 1. The quantitative estimate of drug-likeness (QED) is 0.828. The fourth-order valence-corrected chi connectivity index (χ4v) is 4.48. The molecule has 3 atom stereocenters. The van der Waals surface area contributed by atoms with Gasteiger partial charge in [0, 0.05) is 19.0 Å². The van der Waals surface area contributed by atoms with E-state index in [4.69, 9.17) is 10.00 Å². The van der Waals surface area contributed by atoms with E-state index < -0.39 is 17.2 Å². The van der Waals surface area contributed by atoms with Crippen molar-refractivity contribution in [1.82, 2.24) is 14.5 Å². The van der Waals surface area contributed by atoms with E-state index in [-0.39, 0.29) is 6.09 Å². The normalized spacial score (nSPS) is 31.4. The molecule has 0 N–H and O–H groups in total. The fraction of sp³-hybridized carbons (Fsp3) is 0.526. The molecule has 1 spiro atoms. The monoisotopic (exact) mass is 356 g/mol. The third-order valence-electron chi connectivity index (χ3n) is 5.76. The molecule has 1 aromatic heterocycles. The summed E-state index contributed by atoms with van der Waals surface area (Å²) in [7, 11) is 1.71. The largest absolute Gasteiger partial charge is 0.441 e. The van der Waals surface area contributed by atoms with Gasteiger partial charge in [-0.25, -0.2) is 14.2 Å². The highest BCUT2D eigenvalue weighted by Crippen LogP contribution is 2.48. The SMILES string of the molecule is CN1C[C@@]2(CC[C@@H](F)[C@@](C)(Cn3cnc4ccc(C#N)cc43)C2)OC1=O. The predicted molar refractivity (Wildman–Crippen MR) is 93.1 cm³/mol. The zero-order chi connectivity index (χ0) is 18.5. The number of imidazole rings is 1. The van der Waals surface area contributed by atoms with Gasteiger partial charge in [-0.3, -0.25) is 0 Å². The number of carbonyl (C=O) groups is 1. The summed E-state index contributed by atoms with van der Waals surface area (Å²) in [5.74, 6) is 0. The zero-order valence-corrected chi connectivity index (χ0v) is 14.9. The van der Waals surface area contributed by atoms with Gasteiger partial charge in [-0.05, 0) is 37.5 Å². The Bertz CT molecular complexity index is 920. The smallest absolute Gasteiger partial charge is 0.410 e. The summed E-state index contributed by atoms with van der Waals surface area (Å²) >= 11 is 0. The van der Waals surface area contributed by atoms with Gasteiger partial charge in [-0.15, -0.1) is 0 Å². The number of alkyl halides is 1. The first-order chi connectivity index (χ1) is 12.3. The zero-order valence-electron chi connectivity index (χ0n) is 14.9. The molecule has 2 heterocycles. The highest BCUT2D eigenvalue weighted by atomic mass is 19.1. The molecule has 7 heteroatoms. The molecule has 1 aliphatic carbocycles. The Kier molecular flexibility index (Phi) is 3.69. The van der Waals surface area contributed by atoms with Gasteiger partial charge in [0.1, 0.15) is 11.8 Å². The number of rotatable bonds is 2. The molecule has 136 valence electrons. The molecule has 1 amide bonds. The molecule has 0 bridgehead atoms. The van der Waals surface area contributed by atoms with Crippen LogP contribution in [0.3, 0.4) is 0 Å². The standard InChI is InChI=1S/C19H21FN4O2/c1-18(9-19(6-5-16(18)20)11-23(2)17(25)26-19)10-24-12-22-14-4-3-13(8-21)7-15(14)24/h3-4,7,12,16H,5-6,9-11H2,1-2H3/t16-,18-,19+/m1/s1. The van der Waals surface area contributed by atoms with Gasteiger partial charge >= 0.3 is 6.09 Å². The van der Waals surface area contributed by atoms with Crippen molar-refractivity contribution < 1.29 is 13.9 Å². The number of benzene rings is 1. The third-order valence-corrected chi connectivity index (χ3v) is 5.76. The molecular weight excluding hydrogens is 335 g/mol. The van der Waals surface area contributed by atoms with Crippen molar-refractivity contribution in [1.29, 1.82) is 5.26 Å². The molecule has 1 saturated heterocycles. The Morgan fingerprint density at radius 3 is 3.00 bits per heavy atom. The van der Waals surface area contributed by atoms with Crippen LogP contribution in [-0.2, 0) is 11.3 Å². The van der Waals surface area contributed by atoms with E-state index in [2.05, 4.69) is 11.1 Å². The van der Waals surface area contributed by atoms with Crippen LogP contribution in [0.1, 0.15) is 31.7 Å². The second-order valence-corrected chi connectivity index (χ2v) is 7.93. The molecule has 0 radical (unpaired) electrons. The maximum Gasteiger partial charge on any atom is 0.410 e. The summed E-state index contributed by atoms with van der Waals surface area (Å²) in [4.78, 5) is 17.8. The van der Waals surface area contributed by atoms with Crippen molar-refractivity contribution in [3.63, 3.8) is 0 Å². The number of fused-ring (bicyclic) bond motifs is 1. The summed E-state index contributed by atoms with van der Waals surface area (Å²) in [6.45, 7) is 2.82. The van der Waals surface area contributed by atoms with Crippen molar-refractivity contribution in [2.24, 2.45) is 5.41 Å². The summed E-state index contributed by atoms with van der Waals surface area (Å²) in [5, 5.41) is 9.14. The van der Waals surface area contributed by atoms with Crippen LogP contribution in [-0.4, -0.2) is 45.9 Å². The minimum Gasteiger partial charge on any atom is -0.441 e. The van der Waals surface area contributed by atoms with Crippen molar-refractivity contribution in [3.8, 4) is 6.07 Å². The molecular formula is C19H21FN4O2. The molecule has 2 aromatic rings. The van der Waals surface area contributed by atoms with Gasteiger partial charge in [0.15, 0.2) is 0 Å². The van der Waals surface area contributed by atoms with Crippen molar-refractivity contribution in [3.05, 3.63) is 30.1 Å². The first-order valence-corrected chi connectivity index (χ1v) is 8.77. The second kappa shape index (κ2) is 5.70.